The number of nitrogens with zero attached hydrogens (tertiary/aromatic N) is 3. The molecule has 0 atom stereocenters. The Balaban J connectivity index is 1.23. The van der Waals surface area contributed by atoms with Crippen LogP contribution in [0.4, 0.5) is 5.13 Å². The zero-order chi connectivity index (χ0) is 26.7. The molecule has 38 heavy (non-hydrogen) atoms. The number of amides is 2. The summed E-state index contributed by atoms with van der Waals surface area (Å²) < 4.78 is 11.6. The molecule has 10 heteroatoms. The standard InChI is InChI=1S/C28H27N5O4S/c1-19-11-13-21(14-12-19)27(35)30-28-33-32-26(38-28)17-25(34)31-29-18-22-8-4-6-10-24(22)37-16-15-36-23-9-5-3-7-20(23)2/h3-14,18H,15-17H2,1-2H3,(H,31,34)(H,30,33,35)/b29-18-. The molecule has 1 heterocycles. The minimum Gasteiger partial charge on any atom is -0.490 e. The highest BCUT2D eigenvalue weighted by atomic mass is 32.1. The molecule has 4 aromatic rings. The second-order valence-electron chi connectivity index (χ2n) is 8.29. The maximum Gasteiger partial charge on any atom is 0.257 e. The lowest BCUT2D eigenvalue weighted by atomic mass is 10.1. The Morgan fingerprint density at radius 3 is 2.34 bits per heavy atom. The fraction of sp³-hybridized carbons (Fsp3) is 0.179. The molecule has 4 rings (SSSR count). The highest BCUT2D eigenvalue weighted by Crippen LogP contribution is 2.19. The van der Waals surface area contributed by atoms with Crippen molar-refractivity contribution in [3.8, 4) is 11.5 Å². The van der Waals surface area contributed by atoms with Gasteiger partial charge in [-0.3, -0.25) is 14.9 Å². The van der Waals surface area contributed by atoms with E-state index < -0.39 is 0 Å². The molecular weight excluding hydrogens is 502 g/mol. The minimum absolute atomic E-state index is 0.0240. The van der Waals surface area contributed by atoms with Crippen molar-refractivity contribution in [3.05, 3.63) is 100 Å². The molecule has 2 amide bonds. The summed E-state index contributed by atoms with van der Waals surface area (Å²) in [6.07, 6.45) is 1.49. The first-order valence-corrected chi connectivity index (χ1v) is 12.7. The predicted molar refractivity (Wildman–Crippen MR) is 147 cm³/mol. The number of anilines is 1. The normalized spacial score (nSPS) is 10.8. The minimum atomic E-state index is -0.362. The molecule has 0 unspecified atom stereocenters. The smallest absolute Gasteiger partial charge is 0.257 e. The first-order chi connectivity index (χ1) is 18.5. The molecule has 194 valence electrons. The molecular formula is C28H27N5O4S. The van der Waals surface area contributed by atoms with Crippen molar-refractivity contribution in [2.24, 2.45) is 5.10 Å². The summed E-state index contributed by atoms with van der Waals surface area (Å²) in [4.78, 5) is 24.7. The molecule has 1 aromatic heterocycles. The highest BCUT2D eigenvalue weighted by Gasteiger charge is 2.12. The van der Waals surface area contributed by atoms with E-state index in [0.717, 1.165) is 28.2 Å². The monoisotopic (exact) mass is 529 g/mol. The number of aromatic nitrogens is 2. The highest BCUT2D eigenvalue weighted by molar-refractivity contribution is 7.15. The molecule has 0 bridgehead atoms. The van der Waals surface area contributed by atoms with Crippen molar-refractivity contribution in [2.75, 3.05) is 18.5 Å². The zero-order valence-electron chi connectivity index (χ0n) is 21.0. The van der Waals surface area contributed by atoms with Gasteiger partial charge in [-0.25, -0.2) is 5.43 Å². The molecule has 0 radical (unpaired) electrons. The van der Waals surface area contributed by atoms with Gasteiger partial charge >= 0.3 is 0 Å². The van der Waals surface area contributed by atoms with Gasteiger partial charge in [0.2, 0.25) is 11.0 Å². The SMILES string of the molecule is Cc1ccc(C(=O)Nc2nnc(CC(=O)N/N=C\c3ccccc3OCCOc3ccccc3C)s2)cc1. The number of hydrogen-bond donors (Lipinski definition) is 2. The Bertz CT molecular complexity index is 1420. The number of carbonyl (C=O) groups is 2. The Labute approximate surface area is 224 Å². The van der Waals surface area contributed by atoms with Gasteiger partial charge in [0.05, 0.1) is 12.6 Å². The van der Waals surface area contributed by atoms with Crippen LogP contribution in [-0.4, -0.2) is 41.4 Å². The predicted octanol–water partition coefficient (Wildman–Crippen LogP) is 4.56. The van der Waals surface area contributed by atoms with Crippen molar-refractivity contribution in [2.45, 2.75) is 20.3 Å². The lowest BCUT2D eigenvalue weighted by Gasteiger charge is -2.11. The fourth-order valence-corrected chi connectivity index (χ4v) is 4.07. The van der Waals surface area contributed by atoms with Gasteiger partial charge in [-0.15, -0.1) is 10.2 Å². The van der Waals surface area contributed by atoms with E-state index in [1.165, 1.54) is 6.21 Å². The van der Waals surface area contributed by atoms with E-state index >= 15 is 0 Å². The summed E-state index contributed by atoms with van der Waals surface area (Å²) >= 11 is 1.13. The topological polar surface area (TPSA) is 115 Å². The number of benzene rings is 3. The van der Waals surface area contributed by atoms with Crippen molar-refractivity contribution in [1.82, 2.24) is 15.6 Å². The van der Waals surface area contributed by atoms with Crippen molar-refractivity contribution in [3.63, 3.8) is 0 Å². The molecule has 0 saturated heterocycles. The largest absolute Gasteiger partial charge is 0.490 e. The van der Waals surface area contributed by atoms with Gasteiger partial charge in [0.1, 0.15) is 29.7 Å². The van der Waals surface area contributed by atoms with Crippen molar-refractivity contribution >= 4 is 34.5 Å². The van der Waals surface area contributed by atoms with E-state index in [1.807, 2.05) is 74.5 Å². The van der Waals surface area contributed by atoms with Gasteiger partial charge in [0.15, 0.2) is 0 Å². The summed E-state index contributed by atoms with van der Waals surface area (Å²) in [5.41, 5.74) is 5.84. The average Bonchev–Trinajstić information content (AvgIpc) is 3.35. The third-order valence-electron chi connectivity index (χ3n) is 5.32. The second-order valence-corrected chi connectivity index (χ2v) is 9.35. The Hall–Kier alpha value is -4.57. The third kappa shape index (κ3) is 7.71. The maximum atomic E-state index is 12.3. The number of hydrazone groups is 1. The van der Waals surface area contributed by atoms with Crippen molar-refractivity contribution < 1.29 is 19.1 Å². The van der Waals surface area contributed by atoms with Gasteiger partial charge in [0.25, 0.3) is 5.91 Å². The van der Waals surface area contributed by atoms with Crippen LogP contribution in [0, 0.1) is 13.8 Å². The van der Waals surface area contributed by atoms with E-state index in [1.54, 1.807) is 12.1 Å². The van der Waals surface area contributed by atoms with Gasteiger partial charge in [-0.2, -0.15) is 5.10 Å². The van der Waals surface area contributed by atoms with Crippen LogP contribution in [0.5, 0.6) is 11.5 Å². The molecule has 0 aliphatic carbocycles. The summed E-state index contributed by atoms with van der Waals surface area (Å²) in [5, 5.41) is 15.4. The quantitative estimate of drug-likeness (QED) is 0.167. The molecule has 0 aliphatic rings. The third-order valence-corrected chi connectivity index (χ3v) is 6.16. The van der Waals surface area contributed by atoms with Crippen LogP contribution in [0.15, 0.2) is 77.9 Å². The fourth-order valence-electron chi connectivity index (χ4n) is 3.34. The van der Waals surface area contributed by atoms with Gasteiger partial charge in [-0.05, 0) is 49.7 Å². The van der Waals surface area contributed by atoms with E-state index in [0.29, 0.717) is 40.2 Å². The van der Waals surface area contributed by atoms with Crippen LogP contribution in [0.1, 0.15) is 32.1 Å². The number of carbonyl (C=O) groups excluding carboxylic acids is 2. The number of ether oxygens (including phenoxy) is 2. The Kier molecular flexibility index (Phi) is 9.14. The lowest BCUT2D eigenvalue weighted by molar-refractivity contribution is -0.120. The summed E-state index contributed by atoms with van der Waals surface area (Å²) in [6.45, 7) is 4.68. The van der Waals surface area contributed by atoms with Crippen LogP contribution in [0.25, 0.3) is 0 Å². The van der Waals surface area contributed by atoms with Crippen LogP contribution in [-0.2, 0) is 11.2 Å². The first kappa shape index (κ1) is 26.5. The van der Waals surface area contributed by atoms with Crippen molar-refractivity contribution in [1.29, 1.82) is 0 Å². The van der Waals surface area contributed by atoms with Gasteiger partial charge in [0, 0.05) is 11.1 Å². The van der Waals surface area contributed by atoms with Crippen LogP contribution in [0.3, 0.4) is 0 Å². The summed E-state index contributed by atoms with van der Waals surface area (Å²) in [5.74, 6) is 0.796. The second kappa shape index (κ2) is 13.1. The van der Waals surface area contributed by atoms with Crippen LogP contribution in [0.2, 0.25) is 0 Å². The van der Waals surface area contributed by atoms with E-state index in [-0.39, 0.29) is 18.2 Å². The number of aryl methyl sites for hydroxylation is 2. The van der Waals surface area contributed by atoms with E-state index in [9.17, 15) is 9.59 Å². The zero-order valence-corrected chi connectivity index (χ0v) is 21.8. The average molecular weight is 530 g/mol. The molecule has 0 aliphatic heterocycles. The first-order valence-electron chi connectivity index (χ1n) is 11.9. The number of nitrogens with one attached hydrogen (secondary N) is 2. The van der Waals surface area contributed by atoms with Gasteiger partial charge < -0.3 is 9.47 Å². The molecule has 0 saturated carbocycles. The number of rotatable bonds is 11. The molecule has 0 fully saturated rings. The number of para-hydroxylation sites is 2. The number of hydrogen-bond acceptors (Lipinski definition) is 8. The molecule has 0 spiro atoms. The molecule has 2 N–H and O–H groups in total. The lowest BCUT2D eigenvalue weighted by Crippen LogP contribution is -2.19. The Morgan fingerprint density at radius 2 is 1.58 bits per heavy atom. The maximum absolute atomic E-state index is 12.3. The van der Waals surface area contributed by atoms with E-state index in [4.69, 9.17) is 9.47 Å². The molecule has 3 aromatic carbocycles. The summed E-state index contributed by atoms with van der Waals surface area (Å²) in [6, 6.07) is 22.4. The summed E-state index contributed by atoms with van der Waals surface area (Å²) in [7, 11) is 0. The van der Waals surface area contributed by atoms with Gasteiger partial charge in [-0.1, -0.05) is 59.4 Å². The van der Waals surface area contributed by atoms with E-state index in [2.05, 4.69) is 26.0 Å². The van der Waals surface area contributed by atoms with Crippen LogP contribution >= 0.6 is 11.3 Å². The molecule has 9 nitrogen and oxygen atoms in total. The van der Waals surface area contributed by atoms with Crippen LogP contribution < -0.4 is 20.2 Å². The Morgan fingerprint density at radius 1 is 0.895 bits per heavy atom.